The summed E-state index contributed by atoms with van der Waals surface area (Å²) in [6.45, 7) is 5.27. The third-order valence-corrected chi connectivity index (χ3v) is 4.78. The summed E-state index contributed by atoms with van der Waals surface area (Å²) in [5.74, 6) is 1.24. The van der Waals surface area contributed by atoms with E-state index in [-0.39, 0.29) is 18.1 Å². The van der Waals surface area contributed by atoms with Gasteiger partial charge in [0.15, 0.2) is 0 Å². The van der Waals surface area contributed by atoms with Gasteiger partial charge in [-0.3, -0.25) is 4.79 Å². The number of hydrogen-bond donors (Lipinski definition) is 1. The summed E-state index contributed by atoms with van der Waals surface area (Å²) >= 11 is 0. The van der Waals surface area contributed by atoms with Crippen molar-refractivity contribution < 1.29 is 9.53 Å². The van der Waals surface area contributed by atoms with Crippen molar-refractivity contribution in [1.29, 1.82) is 0 Å². The minimum atomic E-state index is -0.188. The van der Waals surface area contributed by atoms with Crippen LogP contribution in [0.3, 0.4) is 0 Å². The molecule has 3 heteroatoms. The molecule has 0 radical (unpaired) electrons. The molecule has 21 heavy (non-hydrogen) atoms. The Morgan fingerprint density at radius 1 is 1.10 bits per heavy atom. The number of benzene rings is 1. The molecule has 2 aliphatic rings. The molecule has 1 aromatic rings. The van der Waals surface area contributed by atoms with E-state index in [1.807, 2.05) is 12.1 Å². The molecule has 0 saturated heterocycles. The van der Waals surface area contributed by atoms with Gasteiger partial charge in [0, 0.05) is 6.54 Å². The third kappa shape index (κ3) is 3.46. The van der Waals surface area contributed by atoms with E-state index in [1.165, 1.54) is 17.5 Å². The number of nitrogens with one attached hydrogen (secondary N) is 1. The maximum Gasteiger partial charge on any atom is 0.323 e. The highest BCUT2D eigenvalue weighted by Crippen LogP contribution is 2.30. The molecule has 3 nitrogen and oxygen atoms in total. The van der Waals surface area contributed by atoms with Crippen LogP contribution in [-0.2, 0) is 22.5 Å². The zero-order valence-electron chi connectivity index (χ0n) is 13.0. The Kier molecular flexibility index (Phi) is 4.29. The Morgan fingerprint density at radius 3 is 2.48 bits per heavy atom. The van der Waals surface area contributed by atoms with E-state index in [1.54, 1.807) is 0 Å². The fourth-order valence-corrected chi connectivity index (χ4v) is 3.84. The summed E-state index contributed by atoms with van der Waals surface area (Å²) in [6.07, 6.45) is 4.13. The molecule has 1 saturated carbocycles. The summed E-state index contributed by atoms with van der Waals surface area (Å²) in [7, 11) is 0. The van der Waals surface area contributed by atoms with Gasteiger partial charge >= 0.3 is 5.97 Å². The highest BCUT2D eigenvalue weighted by Gasteiger charge is 2.30. The number of fused-ring (bicyclic) bond motifs is 1. The predicted molar refractivity (Wildman–Crippen MR) is 82.8 cm³/mol. The van der Waals surface area contributed by atoms with Crippen molar-refractivity contribution in [3.05, 3.63) is 35.4 Å². The lowest BCUT2D eigenvalue weighted by molar-refractivity contribution is -0.154. The highest BCUT2D eigenvalue weighted by atomic mass is 16.5. The Hall–Kier alpha value is -1.35. The molecule has 0 bridgehead atoms. The van der Waals surface area contributed by atoms with Gasteiger partial charge in [0.05, 0.1) is 0 Å². The van der Waals surface area contributed by atoms with Gasteiger partial charge in [0.2, 0.25) is 0 Å². The smallest absolute Gasteiger partial charge is 0.323 e. The molecular weight excluding hydrogens is 262 g/mol. The summed E-state index contributed by atoms with van der Waals surface area (Å²) in [4.78, 5) is 12.4. The molecule has 114 valence electrons. The lowest BCUT2D eigenvalue weighted by atomic mass is 9.82. The maximum atomic E-state index is 12.4. The van der Waals surface area contributed by atoms with Crippen molar-refractivity contribution in [3.8, 4) is 0 Å². The zero-order valence-corrected chi connectivity index (χ0v) is 13.0. The standard InChI is InChI=1S/C18H25NO2/c1-12-7-13(2)9-16(8-12)21-18(20)17-10-14-5-3-4-6-15(14)11-19-17/h3-6,12-13,16-17,19H,7-11H2,1-2H3/t12?,13?,16?,17-/m0/s1. The molecular formula is C18H25NO2. The topological polar surface area (TPSA) is 38.3 Å². The predicted octanol–water partition coefficient (Wildman–Crippen LogP) is 3.07. The third-order valence-electron chi connectivity index (χ3n) is 4.78. The average molecular weight is 287 g/mol. The number of hydrogen-bond acceptors (Lipinski definition) is 3. The summed E-state index contributed by atoms with van der Waals surface area (Å²) in [5.41, 5.74) is 2.56. The van der Waals surface area contributed by atoms with Crippen LogP contribution in [0.1, 0.15) is 44.2 Å². The van der Waals surface area contributed by atoms with Crippen LogP contribution < -0.4 is 5.32 Å². The van der Waals surface area contributed by atoms with Crippen molar-refractivity contribution in [2.75, 3.05) is 0 Å². The van der Waals surface area contributed by atoms with Gasteiger partial charge in [-0.2, -0.15) is 0 Å². The number of ether oxygens (including phenoxy) is 1. The normalized spacial score (nSPS) is 32.3. The lowest BCUT2D eigenvalue weighted by Crippen LogP contribution is -2.44. The second-order valence-corrected chi connectivity index (χ2v) is 6.88. The number of carbonyl (C=O) groups is 1. The van der Waals surface area contributed by atoms with Crippen LogP contribution in [0.2, 0.25) is 0 Å². The first-order chi connectivity index (χ1) is 10.1. The van der Waals surface area contributed by atoms with E-state index >= 15 is 0 Å². The van der Waals surface area contributed by atoms with Gasteiger partial charge < -0.3 is 10.1 Å². The average Bonchev–Trinajstić information content (AvgIpc) is 2.45. The van der Waals surface area contributed by atoms with Crippen LogP contribution in [0.4, 0.5) is 0 Å². The SMILES string of the molecule is CC1CC(C)CC(OC(=O)[C@@H]2Cc3ccccc3CN2)C1. The Balaban J connectivity index is 1.59. The molecule has 0 amide bonds. The summed E-state index contributed by atoms with van der Waals surface area (Å²) < 4.78 is 5.79. The molecule has 3 atom stereocenters. The van der Waals surface area contributed by atoms with Gasteiger partial charge in [-0.15, -0.1) is 0 Å². The largest absolute Gasteiger partial charge is 0.461 e. The minimum absolute atomic E-state index is 0.0733. The van der Waals surface area contributed by atoms with E-state index < -0.39 is 0 Å². The van der Waals surface area contributed by atoms with E-state index in [2.05, 4.69) is 31.3 Å². The molecule has 1 N–H and O–H groups in total. The summed E-state index contributed by atoms with van der Waals surface area (Å²) in [5, 5.41) is 3.31. The van der Waals surface area contributed by atoms with Crippen LogP contribution in [0.25, 0.3) is 0 Å². The monoisotopic (exact) mass is 287 g/mol. The van der Waals surface area contributed by atoms with E-state index in [0.717, 1.165) is 25.8 Å². The first-order valence-electron chi connectivity index (χ1n) is 8.12. The number of esters is 1. The molecule has 0 spiro atoms. The Morgan fingerprint density at radius 2 is 1.76 bits per heavy atom. The number of rotatable bonds is 2. The zero-order chi connectivity index (χ0) is 14.8. The van der Waals surface area contributed by atoms with E-state index in [0.29, 0.717) is 11.8 Å². The van der Waals surface area contributed by atoms with Crippen molar-refractivity contribution in [2.24, 2.45) is 11.8 Å². The molecule has 0 aromatic heterocycles. The molecule has 3 rings (SSSR count). The first-order valence-corrected chi connectivity index (χ1v) is 8.12. The van der Waals surface area contributed by atoms with Gasteiger partial charge in [-0.25, -0.2) is 0 Å². The molecule has 1 aromatic carbocycles. The van der Waals surface area contributed by atoms with Crippen LogP contribution >= 0.6 is 0 Å². The fourth-order valence-electron chi connectivity index (χ4n) is 3.84. The van der Waals surface area contributed by atoms with Gasteiger partial charge in [-0.05, 0) is 48.6 Å². The van der Waals surface area contributed by atoms with Gasteiger partial charge in [0.25, 0.3) is 0 Å². The van der Waals surface area contributed by atoms with Crippen LogP contribution in [0.5, 0.6) is 0 Å². The Labute approximate surface area is 127 Å². The quantitative estimate of drug-likeness (QED) is 0.850. The van der Waals surface area contributed by atoms with Crippen LogP contribution in [-0.4, -0.2) is 18.1 Å². The van der Waals surface area contributed by atoms with Gasteiger partial charge in [-0.1, -0.05) is 38.1 Å². The first kappa shape index (κ1) is 14.6. The maximum absolute atomic E-state index is 12.4. The number of carbonyl (C=O) groups excluding carboxylic acids is 1. The molecule has 1 aliphatic carbocycles. The minimum Gasteiger partial charge on any atom is -0.461 e. The van der Waals surface area contributed by atoms with Crippen molar-refractivity contribution in [3.63, 3.8) is 0 Å². The van der Waals surface area contributed by atoms with Crippen molar-refractivity contribution >= 4 is 5.97 Å². The molecule has 2 unspecified atom stereocenters. The van der Waals surface area contributed by atoms with Crippen LogP contribution in [0.15, 0.2) is 24.3 Å². The van der Waals surface area contributed by atoms with Crippen LogP contribution in [0, 0.1) is 11.8 Å². The Bertz CT molecular complexity index is 504. The molecule has 1 fully saturated rings. The van der Waals surface area contributed by atoms with Gasteiger partial charge in [0.1, 0.15) is 12.1 Å². The summed E-state index contributed by atoms with van der Waals surface area (Å²) in [6, 6.07) is 8.13. The molecule has 1 aliphatic heterocycles. The lowest BCUT2D eigenvalue weighted by Gasteiger charge is -2.33. The second kappa shape index (κ2) is 6.18. The second-order valence-electron chi connectivity index (χ2n) is 6.88. The molecule has 1 heterocycles. The fraction of sp³-hybridized carbons (Fsp3) is 0.611. The van der Waals surface area contributed by atoms with Crippen molar-refractivity contribution in [1.82, 2.24) is 5.32 Å². The van der Waals surface area contributed by atoms with E-state index in [9.17, 15) is 4.79 Å². The highest BCUT2D eigenvalue weighted by molar-refractivity contribution is 5.77. The van der Waals surface area contributed by atoms with E-state index in [4.69, 9.17) is 4.74 Å². The van der Waals surface area contributed by atoms with Crippen molar-refractivity contribution in [2.45, 2.75) is 58.2 Å².